The number of halogens is 2. The molecule has 0 saturated heterocycles. The molecule has 0 atom stereocenters. The Balaban J connectivity index is 2.25. The van der Waals surface area contributed by atoms with E-state index < -0.39 is 5.97 Å². The van der Waals surface area contributed by atoms with E-state index in [0.717, 1.165) is 36.7 Å². The van der Waals surface area contributed by atoms with Gasteiger partial charge in [0.15, 0.2) is 0 Å². The van der Waals surface area contributed by atoms with Crippen LogP contribution in [0.25, 0.3) is 22.2 Å². The predicted octanol–water partition coefficient (Wildman–Crippen LogP) is 4.99. The summed E-state index contributed by atoms with van der Waals surface area (Å²) >= 11 is 6.85. The molecule has 3 aromatic rings. The van der Waals surface area contributed by atoms with Crippen molar-refractivity contribution in [1.82, 2.24) is 4.98 Å². The molecule has 0 radical (unpaired) electrons. The molecule has 1 aromatic heterocycles. The maximum absolute atomic E-state index is 11.2. The molecule has 0 bridgehead atoms. The Morgan fingerprint density at radius 3 is 2.38 bits per heavy atom. The van der Waals surface area contributed by atoms with Crippen molar-refractivity contribution in [3.8, 4) is 11.3 Å². The molecule has 0 aliphatic carbocycles. The van der Waals surface area contributed by atoms with E-state index in [9.17, 15) is 9.90 Å². The minimum atomic E-state index is -0.839. The fourth-order valence-electron chi connectivity index (χ4n) is 2.42. The number of carbonyl (C=O) groups is 1. The first-order valence-electron chi connectivity index (χ1n) is 6.32. The van der Waals surface area contributed by atoms with E-state index in [1.807, 2.05) is 42.5 Å². The number of aromatic amines is 1. The molecule has 0 saturated carbocycles. The highest BCUT2D eigenvalue weighted by molar-refractivity contribution is 9.10. The van der Waals surface area contributed by atoms with Gasteiger partial charge in [0, 0.05) is 19.8 Å². The molecule has 21 heavy (non-hydrogen) atoms. The van der Waals surface area contributed by atoms with Crippen LogP contribution in [0, 0.1) is 0 Å². The Bertz CT molecular complexity index is 822. The molecular weight excluding hydrogens is 398 g/mol. The van der Waals surface area contributed by atoms with E-state index >= 15 is 0 Å². The summed E-state index contributed by atoms with van der Waals surface area (Å²) < 4.78 is 1.92. The van der Waals surface area contributed by atoms with Crippen LogP contribution < -0.4 is 0 Å². The van der Waals surface area contributed by atoms with E-state index in [1.165, 1.54) is 0 Å². The van der Waals surface area contributed by atoms with Crippen molar-refractivity contribution >= 4 is 48.7 Å². The van der Waals surface area contributed by atoms with Crippen LogP contribution in [-0.2, 0) is 11.2 Å². The van der Waals surface area contributed by atoms with Gasteiger partial charge in [0.05, 0.1) is 12.1 Å². The van der Waals surface area contributed by atoms with Gasteiger partial charge in [-0.15, -0.1) is 0 Å². The molecule has 3 rings (SSSR count). The summed E-state index contributed by atoms with van der Waals surface area (Å²) in [4.78, 5) is 14.5. The predicted molar refractivity (Wildman–Crippen MR) is 90.5 cm³/mol. The zero-order valence-electron chi connectivity index (χ0n) is 10.9. The number of aliphatic carboxylic acids is 1. The van der Waals surface area contributed by atoms with E-state index in [0.29, 0.717) is 0 Å². The molecule has 2 N–H and O–H groups in total. The fraction of sp³-hybridized carbons (Fsp3) is 0.0625. The molecule has 1 heterocycles. The van der Waals surface area contributed by atoms with Crippen molar-refractivity contribution in [2.45, 2.75) is 6.42 Å². The summed E-state index contributed by atoms with van der Waals surface area (Å²) in [6, 6.07) is 13.7. The van der Waals surface area contributed by atoms with Crippen LogP contribution >= 0.6 is 31.9 Å². The number of nitrogens with one attached hydrogen (secondary N) is 1. The molecule has 0 aliphatic heterocycles. The summed E-state index contributed by atoms with van der Waals surface area (Å²) in [5.74, 6) is -0.839. The van der Waals surface area contributed by atoms with Crippen LogP contribution in [0.15, 0.2) is 51.4 Å². The van der Waals surface area contributed by atoms with Gasteiger partial charge in [-0.2, -0.15) is 0 Å². The lowest BCUT2D eigenvalue weighted by Crippen LogP contribution is -2.00. The average Bonchev–Trinajstić information content (AvgIpc) is 2.77. The normalized spacial score (nSPS) is 11.0. The van der Waals surface area contributed by atoms with Gasteiger partial charge in [0.1, 0.15) is 0 Å². The third-order valence-electron chi connectivity index (χ3n) is 3.33. The van der Waals surface area contributed by atoms with Crippen LogP contribution in [0.3, 0.4) is 0 Å². The van der Waals surface area contributed by atoms with Gasteiger partial charge in [-0.1, -0.05) is 44.0 Å². The minimum absolute atomic E-state index is 0.0121. The molecule has 0 unspecified atom stereocenters. The smallest absolute Gasteiger partial charge is 0.307 e. The van der Waals surface area contributed by atoms with Gasteiger partial charge in [0.2, 0.25) is 0 Å². The highest BCUT2D eigenvalue weighted by Crippen LogP contribution is 2.33. The first-order valence-corrected chi connectivity index (χ1v) is 7.91. The van der Waals surface area contributed by atoms with Crippen molar-refractivity contribution in [2.75, 3.05) is 0 Å². The Kier molecular flexibility index (Phi) is 3.87. The van der Waals surface area contributed by atoms with E-state index in [1.54, 1.807) is 0 Å². The Morgan fingerprint density at radius 1 is 1.05 bits per heavy atom. The summed E-state index contributed by atoms with van der Waals surface area (Å²) in [5.41, 5.74) is 3.58. The molecule has 2 aromatic carbocycles. The molecule has 5 heteroatoms. The topological polar surface area (TPSA) is 53.1 Å². The summed E-state index contributed by atoms with van der Waals surface area (Å²) in [5, 5.41) is 10.1. The second-order valence-electron chi connectivity index (χ2n) is 4.75. The molecule has 0 aliphatic rings. The maximum atomic E-state index is 11.2. The Labute approximate surface area is 138 Å². The van der Waals surface area contributed by atoms with Crippen LogP contribution in [0.1, 0.15) is 5.56 Å². The SMILES string of the molecule is O=C(O)Cc1c(-c2ccc(Br)cc2)[nH]c2ccc(Br)cc12. The first kappa shape index (κ1) is 14.4. The van der Waals surface area contributed by atoms with Gasteiger partial charge >= 0.3 is 5.97 Å². The van der Waals surface area contributed by atoms with Gasteiger partial charge in [0.25, 0.3) is 0 Å². The fourth-order valence-corrected chi connectivity index (χ4v) is 3.04. The first-order chi connectivity index (χ1) is 10.0. The number of rotatable bonds is 3. The van der Waals surface area contributed by atoms with Crippen LogP contribution in [0.4, 0.5) is 0 Å². The summed E-state index contributed by atoms with van der Waals surface area (Å²) in [7, 11) is 0. The van der Waals surface area contributed by atoms with Crippen molar-refractivity contribution < 1.29 is 9.90 Å². The number of H-pyrrole nitrogens is 1. The second kappa shape index (κ2) is 5.66. The molecule has 0 amide bonds. The monoisotopic (exact) mass is 407 g/mol. The third kappa shape index (κ3) is 2.89. The molecular formula is C16H11Br2NO2. The van der Waals surface area contributed by atoms with E-state index in [4.69, 9.17) is 0 Å². The van der Waals surface area contributed by atoms with Crippen molar-refractivity contribution in [3.63, 3.8) is 0 Å². The van der Waals surface area contributed by atoms with Crippen LogP contribution in [0.2, 0.25) is 0 Å². The lowest BCUT2D eigenvalue weighted by atomic mass is 10.0. The number of hydrogen-bond donors (Lipinski definition) is 2. The molecule has 0 fully saturated rings. The van der Waals surface area contributed by atoms with E-state index in [-0.39, 0.29) is 6.42 Å². The average molecular weight is 409 g/mol. The number of aromatic nitrogens is 1. The Morgan fingerprint density at radius 2 is 1.71 bits per heavy atom. The van der Waals surface area contributed by atoms with Crippen LogP contribution in [0.5, 0.6) is 0 Å². The largest absolute Gasteiger partial charge is 0.481 e. The van der Waals surface area contributed by atoms with Crippen molar-refractivity contribution in [1.29, 1.82) is 0 Å². The van der Waals surface area contributed by atoms with Crippen LogP contribution in [-0.4, -0.2) is 16.1 Å². The molecule has 0 spiro atoms. The lowest BCUT2D eigenvalue weighted by Gasteiger charge is -2.03. The number of hydrogen-bond acceptors (Lipinski definition) is 1. The van der Waals surface area contributed by atoms with Gasteiger partial charge in [-0.25, -0.2) is 0 Å². The minimum Gasteiger partial charge on any atom is -0.481 e. The van der Waals surface area contributed by atoms with Crippen molar-refractivity contribution in [2.24, 2.45) is 0 Å². The number of fused-ring (bicyclic) bond motifs is 1. The quantitative estimate of drug-likeness (QED) is 0.641. The summed E-state index contributed by atoms with van der Waals surface area (Å²) in [6.45, 7) is 0. The Hall–Kier alpha value is -1.59. The van der Waals surface area contributed by atoms with E-state index in [2.05, 4.69) is 36.8 Å². The highest BCUT2D eigenvalue weighted by Gasteiger charge is 2.16. The molecule has 106 valence electrons. The molecule has 3 nitrogen and oxygen atoms in total. The number of carboxylic acids is 1. The summed E-state index contributed by atoms with van der Waals surface area (Å²) in [6.07, 6.45) is -0.0121. The number of benzene rings is 2. The zero-order chi connectivity index (χ0) is 15.0. The van der Waals surface area contributed by atoms with Gasteiger partial charge in [-0.05, 0) is 41.5 Å². The third-order valence-corrected chi connectivity index (χ3v) is 4.35. The maximum Gasteiger partial charge on any atom is 0.307 e. The van der Waals surface area contributed by atoms with Crippen molar-refractivity contribution in [3.05, 3.63) is 57.0 Å². The van der Waals surface area contributed by atoms with Gasteiger partial charge < -0.3 is 10.1 Å². The lowest BCUT2D eigenvalue weighted by molar-refractivity contribution is -0.136. The highest BCUT2D eigenvalue weighted by atomic mass is 79.9. The van der Waals surface area contributed by atoms with Gasteiger partial charge in [-0.3, -0.25) is 4.79 Å². The second-order valence-corrected chi connectivity index (χ2v) is 6.58. The standard InChI is InChI=1S/C16H11Br2NO2/c17-10-3-1-9(2-4-10)16-13(8-15(20)21)12-7-11(18)5-6-14(12)19-16/h1-7,19H,8H2,(H,20,21). The zero-order valence-corrected chi connectivity index (χ0v) is 14.0. The number of carboxylic acid groups (broad SMARTS) is 1.